The topological polar surface area (TPSA) is 59.1 Å². The Kier molecular flexibility index (Phi) is 6.84. The number of hydrogen-bond donors (Lipinski definition) is 0. The number of hydrogen-bond acceptors (Lipinski definition) is 5. The van der Waals surface area contributed by atoms with Gasteiger partial charge in [-0.05, 0) is 29.8 Å². The van der Waals surface area contributed by atoms with E-state index in [0.717, 1.165) is 18.7 Å². The van der Waals surface area contributed by atoms with E-state index in [1.54, 1.807) is 35.7 Å². The molecule has 1 aliphatic heterocycles. The Morgan fingerprint density at radius 1 is 1.04 bits per heavy atom. The Balaban J connectivity index is 1.79. The summed E-state index contributed by atoms with van der Waals surface area (Å²) in [6.07, 6.45) is 0. The quantitative estimate of drug-likeness (QED) is 0.692. The normalized spacial score (nSPS) is 15.8. The van der Waals surface area contributed by atoms with Gasteiger partial charge in [-0.3, -0.25) is 4.90 Å². The molecule has 6 nitrogen and oxygen atoms in total. The molecule has 0 saturated carbocycles. The summed E-state index contributed by atoms with van der Waals surface area (Å²) in [7, 11) is -2.04. The first-order valence-corrected chi connectivity index (χ1v) is 10.5. The van der Waals surface area contributed by atoms with Crippen LogP contribution in [0.5, 0.6) is 5.75 Å². The standard InChI is InChI=1S/C20H26N2O4S/c1-25-19-7-9-20(10-8-19)27(23,24)22(17-18-5-3-2-4-6-18)12-11-21-13-15-26-16-14-21/h2-10H,11-17H2,1H3. The van der Waals surface area contributed by atoms with Crippen molar-refractivity contribution in [2.75, 3.05) is 46.5 Å². The first-order valence-electron chi connectivity index (χ1n) is 9.08. The molecule has 1 saturated heterocycles. The van der Waals surface area contributed by atoms with Gasteiger partial charge in [-0.15, -0.1) is 0 Å². The van der Waals surface area contributed by atoms with Crippen LogP contribution in [-0.2, 0) is 21.3 Å². The molecule has 146 valence electrons. The van der Waals surface area contributed by atoms with Gasteiger partial charge in [0.1, 0.15) is 5.75 Å². The molecule has 3 rings (SSSR count). The molecule has 0 spiro atoms. The van der Waals surface area contributed by atoms with Gasteiger partial charge >= 0.3 is 0 Å². The maximum atomic E-state index is 13.3. The number of benzene rings is 2. The zero-order valence-corrected chi connectivity index (χ0v) is 16.4. The van der Waals surface area contributed by atoms with Crippen molar-refractivity contribution in [2.24, 2.45) is 0 Å². The fraction of sp³-hybridized carbons (Fsp3) is 0.400. The molecule has 1 fully saturated rings. The third-order valence-electron chi connectivity index (χ3n) is 4.67. The Labute approximate surface area is 161 Å². The van der Waals surface area contributed by atoms with Crippen molar-refractivity contribution in [3.8, 4) is 5.75 Å². The fourth-order valence-corrected chi connectivity index (χ4v) is 4.46. The lowest BCUT2D eigenvalue weighted by molar-refractivity contribution is 0.0361. The molecular weight excluding hydrogens is 364 g/mol. The van der Waals surface area contributed by atoms with E-state index in [1.165, 1.54) is 0 Å². The van der Waals surface area contributed by atoms with Crippen LogP contribution < -0.4 is 4.74 Å². The summed E-state index contributed by atoms with van der Waals surface area (Å²) in [6.45, 7) is 4.53. The average molecular weight is 391 g/mol. The smallest absolute Gasteiger partial charge is 0.243 e. The molecule has 0 aliphatic carbocycles. The Morgan fingerprint density at radius 2 is 1.70 bits per heavy atom. The van der Waals surface area contributed by atoms with Crippen molar-refractivity contribution >= 4 is 10.0 Å². The summed E-state index contributed by atoms with van der Waals surface area (Å²) in [4.78, 5) is 2.52. The molecule has 0 aromatic heterocycles. The van der Waals surface area contributed by atoms with Gasteiger partial charge in [0.05, 0.1) is 25.2 Å². The molecule has 7 heteroatoms. The first-order chi connectivity index (χ1) is 13.1. The Bertz CT molecular complexity index is 804. The van der Waals surface area contributed by atoms with Crippen LogP contribution in [0.2, 0.25) is 0 Å². The second-order valence-electron chi connectivity index (χ2n) is 6.45. The van der Waals surface area contributed by atoms with Crippen LogP contribution in [0.1, 0.15) is 5.56 Å². The van der Waals surface area contributed by atoms with Crippen molar-refractivity contribution in [1.29, 1.82) is 0 Å². The fourth-order valence-electron chi connectivity index (χ4n) is 3.05. The second kappa shape index (κ2) is 9.32. The van der Waals surface area contributed by atoms with Crippen molar-refractivity contribution in [1.82, 2.24) is 9.21 Å². The third-order valence-corrected chi connectivity index (χ3v) is 6.53. The van der Waals surface area contributed by atoms with Crippen LogP contribution in [0.3, 0.4) is 0 Å². The number of nitrogens with zero attached hydrogens (tertiary/aromatic N) is 2. The van der Waals surface area contributed by atoms with E-state index in [0.29, 0.717) is 38.6 Å². The SMILES string of the molecule is COc1ccc(S(=O)(=O)N(CCN2CCOCC2)Cc2ccccc2)cc1. The lowest BCUT2D eigenvalue weighted by atomic mass is 10.2. The number of sulfonamides is 1. The molecular formula is C20H26N2O4S. The summed E-state index contributed by atoms with van der Waals surface area (Å²) < 4.78 is 38.6. The predicted molar refractivity (Wildman–Crippen MR) is 104 cm³/mol. The lowest BCUT2D eigenvalue weighted by Crippen LogP contribution is -2.42. The van der Waals surface area contributed by atoms with E-state index in [-0.39, 0.29) is 4.90 Å². The zero-order chi connectivity index (χ0) is 19.1. The zero-order valence-electron chi connectivity index (χ0n) is 15.6. The molecule has 0 bridgehead atoms. The van der Waals surface area contributed by atoms with Crippen molar-refractivity contribution < 1.29 is 17.9 Å². The third kappa shape index (κ3) is 5.29. The number of morpholine rings is 1. The van der Waals surface area contributed by atoms with E-state index in [9.17, 15) is 8.42 Å². The molecule has 27 heavy (non-hydrogen) atoms. The highest BCUT2D eigenvalue weighted by Gasteiger charge is 2.25. The van der Waals surface area contributed by atoms with Crippen molar-refractivity contribution in [3.63, 3.8) is 0 Å². The molecule has 1 heterocycles. The number of rotatable bonds is 8. The van der Waals surface area contributed by atoms with Gasteiger partial charge in [0.2, 0.25) is 10.0 Å². The largest absolute Gasteiger partial charge is 0.497 e. The van der Waals surface area contributed by atoms with Crippen LogP contribution >= 0.6 is 0 Å². The maximum absolute atomic E-state index is 13.3. The van der Waals surface area contributed by atoms with Gasteiger partial charge < -0.3 is 9.47 Å². The molecule has 0 atom stereocenters. The van der Waals surface area contributed by atoms with Crippen molar-refractivity contribution in [2.45, 2.75) is 11.4 Å². The van der Waals surface area contributed by atoms with Gasteiger partial charge in [-0.1, -0.05) is 30.3 Å². The molecule has 0 radical (unpaired) electrons. The second-order valence-corrected chi connectivity index (χ2v) is 8.39. The maximum Gasteiger partial charge on any atom is 0.243 e. The van der Waals surface area contributed by atoms with Gasteiger partial charge in [-0.25, -0.2) is 8.42 Å². The average Bonchev–Trinajstić information content (AvgIpc) is 2.72. The monoisotopic (exact) mass is 390 g/mol. The highest BCUT2D eigenvalue weighted by molar-refractivity contribution is 7.89. The van der Waals surface area contributed by atoms with Gasteiger partial charge in [0.15, 0.2) is 0 Å². The van der Waals surface area contributed by atoms with Gasteiger partial charge in [-0.2, -0.15) is 4.31 Å². The summed E-state index contributed by atoms with van der Waals surface area (Å²) in [5.41, 5.74) is 0.969. The lowest BCUT2D eigenvalue weighted by Gasteiger charge is -2.29. The molecule has 2 aromatic rings. The van der Waals surface area contributed by atoms with Crippen LogP contribution in [0.25, 0.3) is 0 Å². The van der Waals surface area contributed by atoms with E-state index < -0.39 is 10.0 Å². The van der Waals surface area contributed by atoms with Gasteiger partial charge in [0, 0.05) is 32.7 Å². The minimum absolute atomic E-state index is 0.279. The summed E-state index contributed by atoms with van der Waals surface area (Å²) in [5, 5.41) is 0. The minimum Gasteiger partial charge on any atom is -0.497 e. The Morgan fingerprint density at radius 3 is 2.33 bits per heavy atom. The highest BCUT2D eigenvalue weighted by atomic mass is 32.2. The summed E-state index contributed by atoms with van der Waals surface area (Å²) in [6, 6.07) is 16.2. The summed E-state index contributed by atoms with van der Waals surface area (Å²) >= 11 is 0. The highest BCUT2D eigenvalue weighted by Crippen LogP contribution is 2.21. The molecule has 2 aromatic carbocycles. The van der Waals surface area contributed by atoms with E-state index >= 15 is 0 Å². The number of ether oxygens (including phenoxy) is 2. The predicted octanol–water partition coefficient (Wildman–Crippen LogP) is 2.22. The van der Waals surface area contributed by atoms with Crippen LogP contribution in [0, 0.1) is 0 Å². The van der Waals surface area contributed by atoms with Crippen LogP contribution in [0.4, 0.5) is 0 Å². The van der Waals surface area contributed by atoms with Gasteiger partial charge in [0.25, 0.3) is 0 Å². The van der Waals surface area contributed by atoms with Crippen molar-refractivity contribution in [3.05, 3.63) is 60.2 Å². The molecule has 0 unspecified atom stereocenters. The van der Waals surface area contributed by atoms with E-state index in [4.69, 9.17) is 9.47 Å². The minimum atomic E-state index is -3.61. The van der Waals surface area contributed by atoms with Crippen LogP contribution in [0.15, 0.2) is 59.5 Å². The van der Waals surface area contributed by atoms with E-state index in [1.807, 2.05) is 30.3 Å². The molecule has 1 aliphatic rings. The molecule has 0 N–H and O–H groups in total. The number of methoxy groups -OCH3 is 1. The van der Waals surface area contributed by atoms with Crippen LogP contribution in [-0.4, -0.2) is 64.1 Å². The Hall–Kier alpha value is -1.93. The molecule has 0 amide bonds. The van der Waals surface area contributed by atoms with E-state index in [2.05, 4.69) is 4.90 Å². The first kappa shape index (κ1) is 19.8. The summed E-state index contributed by atoms with van der Waals surface area (Å²) in [5.74, 6) is 0.636.